The summed E-state index contributed by atoms with van der Waals surface area (Å²) in [6, 6.07) is 14.7. The van der Waals surface area contributed by atoms with Crippen LogP contribution in [0.4, 0.5) is 0 Å². The van der Waals surface area contributed by atoms with E-state index in [1.165, 1.54) is 23.6 Å². The van der Waals surface area contributed by atoms with Crippen molar-refractivity contribution in [3.63, 3.8) is 0 Å². The van der Waals surface area contributed by atoms with Gasteiger partial charge in [-0.1, -0.05) is 36.8 Å². The standard InChI is InChI=1S/C20H25NO3S2/c1-5-19(16-8-12-18(13-9-16)26(4,23)24)21-20(22)15(3)25-17-10-6-14(2)7-11-17/h6-13,15,19H,5H2,1-4H3,(H,21,22)/t15-,19+/m0/s1. The van der Waals surface area contributed by atoms with Gasteiger partial charge in [0.1, 0.15) is 0 Å². The Hall–Kier alpha value is -1.79. The summed E-state index contributed by atoms with van der Waals surface area (Å²) in [5, 5.41) is 2.84. The predicted octanol–water partition coefficient (Wildman–Crippen LogP) is 4.15. The monoisotopic (exact) mass is 391 g/mol. The predicted molar refractivity (Wildman–Crippen MR) is 107 cm³/mol. The third-order valence-electron chi connectivity index (χ3n) is 4.14. The van der Waals surface area contributed by atoms with Gasteiger partial charge < -0.3 is 5.32 Å². The van der Waals surface area contributed by atoms with Gasteiger partial charge in [-0.25, -0.2) is 8.42 Å². The van der Waals surface area contributed by atoms with E-state index in [9.17, 15) is 13.2 Å². The molecule has 0 spiro atoms. The van der Waals surface area contributed by atoms with Crippen molar-refractivity contribution >= 4 is 27.5 Å². The maximum absolute atomic E-state index is 12.6. The fourth-order valence-electron chi connectivity index (χ4n) is 2.53. The Morgan fingerprint density at radius 2 is 1.65 bits per heavy atom. The van der Waals surface area contributed by atoms with Crippen LogP contribution >= 0.6 is 11.8 Å². The van der Waals surface area contributed by atoms with Gasteiger partial charge in [-0.3, -0.25) is 4.79 Å². The molecule has 0 aliphatic carbocycles. The molecule has 2 rings (SSSR count). The lowest BCUT2D eigenvalue weighted by molar-refractivity contribution is -0.121. The quantitative estimate of drug-likeness (QED) is 0.720. The van der Waals surface area contributed by atoms with E-state index in [1.54, 1.807) is 24.3 Å². The zero-order valence-electron chi connectivity index (χ0n) is 15.5. The van der Waals surface area contributed by atoms with Gasteiger partial charge in [0, 0.05) is 11.2 Å². The molecule has 1 N–H and O–H groups in total. The van der Waals surface area contributed by atoms with E-state index in [1.807, 2.05) is 45.0 Å². The first-order valence-corrected chi connectivity index (χ1v) is 11.3. The van der Waals surface area contributed by atoms with Crippen molar-refractivity contribution in [1.82, 2.24) is 5.32 Å². The minimum atomic E-state index is -3.22. The summed E-state index contributed by atoms with van der Waals surface area (Å²) in [7, 11) is -3.22. The maximum Gasteiger partial charge on any atom is 0.233 e. The smallest absolute Gasteiger partial charge is 0.233 e. The summed E-state index contributed by atoms with van der Waals surface area (Å²) < 4.78 is 23.1. The van der Waals surface area contributed by atoms with Gasteiger partial charge >= 0.3 is 0 Å². The number of benzene rings is 2. The van der Waals surface area contributed by atoms with Crippen LogP contribution in [-0.4, -0.2) is 25.8 Å². The summed E-state index contributed by atoms with van der Waals surface area (Å²) in [5.74, 6) is -0.0328. The highest BCUT2D eigenvalue weighted by atomic mass is 32.2. The SMILES string of the molecule is CC[C@@H](NC(=O)[C@H](C)Sc1ccc(C)cc1)c1ccc(S(C)(=O)=O)cc1. The molecular formula is C20H25NO3S2. The lowest BCUT2D eigenvalue weighted by atomic mass is 10.0. The molecule has 2 atom stereocenters. The fraction of sp³-hybridized carbons (Fsp3) is 0.350. The molecule has 140 valence electrons. The van der Waals surface area contributed by atoms with E-state index in [4.69, 9.17) is 0 Å². The van der Waals surface area contributed by atoms with Crippen LogP contribution in [0.3, 0.4) is 0 Å². The maximum atomic E-state index is 12.6. The Bertz CT molecular complexity index is 844. The van der Waals surface area contributed by atoms with E-state index in [0.29, 0.717) is 0 Å². The molecule has 2 aromatic rings. The Labute approximate surface area is 160 Å². The first-order chi connectivity index (χ1) is 12.2. The largest absolute Gasteiger partial charge is 0.348 e. The molecule has 0 aliphatic heterocycles. The number of nitrogens with one attached hydrogen (secondary N) is 1. The Morgan fingerprint density at radius 3 is 2.15 bits per heavy atom. The summed E-state index contributed by atoms with van der Waals surface area (Å²) in [6.45, 7) is 5.91. The molecule has 0 heterocycles. The van der Waals surface area contributed by atoms with Gasteiger partial charge in [-0.05, 0) is 50.1 Å². The molecule has 2 aromatic carbocycles. The molecule has 26 heavy (non-hydrogen) atoms. The van der Waals surface area contributed by atoms with Crippen LogP contribution < -0.4 is 5.32 Å². The van der Waals surface area contributed by atoms with E-state index in [-0.39, 0.29) is 22.1 Å². The van der Waals surface area contributed by atoms with Crippen LogP contribution in [0.15, 0.2) is 58.3 Å². The zero-order chi connectivity index (χ0) is 19.3. The molecule has 0 aliphatic rings. The van der Waals surface area contributed by atoms with Gasteiger partial charge in [-0.2, -0.15) is 0 Å². The molecule has 1 amide bonds. The lowest BCUT2D eigenvalue weighted by Gasteiger charge is -2.20. The van der Waals surface area contributed by atoms with E-state index < -0.39 is 9.84 Å². The molecule has 0 radical (unpaired) electrons. The highest BCUT2D eigenvalue weighted by Crippen LogP contribution is 2.25. The number of sulfone groups is 1. The van der Waals surface area contributed by atoms with Crippen molar-refractivity contribution in [3.05, 3.63) is 59.7 Å². The molecule has 6 heteroatoms. The zero-order valence-corrected chi connectivity index (χ0v) is 17.2. The third kappa shape index (κ3) is 5.61. The first-order valence-electron chi connectivity index (χ1n) is 8.54. The summed E-state index contributed by atoms with van der Waals surface area (Å²) in [6.07, 6.45) is 1.91. The fourth-order valence-corrected chi connectivity index (χ4v) is 4.04. The van der Waals surface area contributed by atoms with Gasteiger partial charge in [-0.15, -0.1) is 11.8 Å². The topological polar surface area (TPSA) is 63.2 Å². The lowest BCUT2D eigenvalue weighted by Crippen LogP contribution is -2.34. The molecule has 0 bridgehead atoms. The summed E-state index contributed by atoms with van der Waals surface area (Å²) >= 11 is 1.52. The van der Waals surface area contributed by atoms with E-state index in [0.717, 1.165) is 16.9 Å². The molecule has 0 unspecified atom stereocenters. The van der Waals surface area contributed by atoms with Crippen molar-refractivity contribution in [3.8, 4) is 0 Å². The van der Waals surface area contributed by atoms with Crippen LogP contribution in [0.2, 0.25) is 0 Å². The number of carbonyl (C=O) groups excluding carboxylic acids is 1. The number of thioether (sulfide) groups is 1. The molecule has 0 aromatic heterocycles. The van der Waals surface area contributed by atoms with Crippen molar-refractivity contribution in [1.29, 1.82) is 0 Å². The van der Waals surface area contributed by atoms with Crippen molar-refractivity contribution < 1.29 is 13.2 Å². The summed E-state index contributed by atoms with van der Waals surface area (Å²) in [4.78, 5) is 13.9. The number of aryl methyl sites for hydroxylation is 1. The van der Waals surface area contributed by atoms with Gasteiger partial charge in [0.15, 0.2) is 9.84 Å². The molecule has 0 saturated carbocycles. The van der Waals surface area contributed by atoms with E-state index >= 15 is 0 Å². The molecular weight excluding hydrogens is 366 g/mol. The van der Waals surface area contributed by atoms with Crippen LogP contribution in [0.5, 0.6) is 0 Å². The number of amides is 1. The number of hydrogen-bond acceptors (Lipinski definition) is 4. The van der Waals surface area contributed by atoms with Crippen molar-refractivity contribution in [2.45, 2.75) is 48.3 Å². The normalized spacial score (nSPS) is 13.8. The second-order valence-corrected chi connectivity index (χ2v) is 9.81. The second kappa shape index (κ2) is 8.73. The summed E-state index contributed by atoms with van der Waals surface area (Å²) in [5.41, 5.74) is 2.09. The third-order valence-corrected chi connectivity index (χ3v) is 6.38. The van der Waals surface area contributed by atoms with Crippen LogP contribution in [0, 0.1) is 6.92 Å². The van der Waals surface area contributed by atoms with Gasteiger partial charge in [0.2, 0.25) is 5.91 Å². The first kappa shape index (κ1) is 20.5. The average Bonchev–Trinajstić information content (AvgIpc) is 2.60. The van der Waals surface area contributed by atoms with Crippen LogP contribution in [0.1, 0.15) is 37.4 Å². The average molecular weight is 392 g/mol. The minimum Gasteiger partial charge on any atom is -0.348 e. The highest BCUT2D eigenvalue weighted by molar-refractivity contribution is 8.00. The molecule has 0 saturated heterocycles. The van der Waals surface area contributed by atoms with Crippen LogP contribution in [-0.2, 0) is 14.6 Å². The highest BCUT2D eigenvalue weighted by Gasteiger charge is 2.19. The van der Waals surface area contributed by atoms with E-state index in [2.05, 4.69) is 5.32 Å². The second-order valence-electron chi connectivity index (χ2n) is 6.38. The molecule has 4 nitrogen and oxygen atoms in total. The molecule has 0 fully saturated rings. The Morgan fingerprint density at radius 1 is 1.08 bits per heavy atom. The minimum absolute atomic E-state index is 0.0328. The van der Waals surface area contributed by atoms with Crippen LogP contribution in [0.25, 0.3) is 0 Å². The van der Waals surface area contributed by atoms with Crippen molar-refractivity contribution in [2.75, 3.05) is 6.26 Å². The number of hydrogen-bond donors (Lipinski definition) is 1. The Kier molecular flexibility index (Phi) is 6.89. The van der Waals surface area contributed by atoms with Gasteiger partial charge in [0.05, 0.1) is 16.2 Å². The van der Waals surface area contributed by atoms with Crippen molar-refractivity contribution in [2.24, 2.45) is 0 Å². The number of carbonyl (C=O) groups is 1. The van der Waals surface area contributed by atoms with Gasteiger partial charge in [0.25, 0.3) is 0 Å². The number of rotatable bonds is 7. The Balaban J connectivity index is 2.04.